The van der Waals surface area contributed by atoms with Crippen LogP contribution in [-0.2, 0) is 16.0 Å². The van der Waals surface area contributed by atoms with E-state index < -0.39 is 44.5 Å². The minimum atomic E-state index is -7.10. The van der Waals surface area contributed by atoms with Crippen molar-refractivity contribution >= 4 is 10.1 Å². The van der Waals surface area contributed by atoms with E-state index in [1.807, 2.05) is 0 Å². The lowest BCUT2D eigenvalue weighted by atomic mass is 9.97. The fourth-order valence-electron chi connectivity index (χ4n) is 1.41. The molecule has 132 valence electrons. The molecule has 1 aromatic carbocycles. The Bertz CT molecular complexity index is 694. The van der Waals surface area contributed by atoms with Crippen LogP contribution in [0, 0.1) is 0 Å². The summed E-state index contributed by atoms with van der Waals surface area (Å²) < 4.78 is 145. The lowest BCUT2D eigenvalue weighted by Crippen LogP contribution is -2.59. The molecule has 1 N–H and O–H groups in total. The standard InChI is InChI=1S/C10H5F9O3S/c11-7(12,8(13,14)9(15,16)10(17,18)19)5-2-1-3-6(4-5)23(20,21)22/h1-4H,(H,20,21,22). The van der Waals surface area contributed by atoms with Gasteiger partial charge in [-0.15, -0.1) is 0 Å². The molecule has 1 aromatic rings. The molecule has 0 aliphatic rings. The molecule has 0 aliphatic carbocycles. The molecular formula is C10H5F9O3S. The largest absolute Gasteiger partial charge is 0.460 e. The number of rotatable bonds is 4. The minimum absolute atomic E-state index is 0.00897. The molecule has 1 rings (SSSR count). The third kappa shape index (κ3) is 3.11. The summed E-state index contributed by atoms with van der Waals surface area (Å²) in [5.41, 5.74) is -2.15. The Balaban J connectivity index is 3.53. The van der Waals surface area contributed by atoms with Crippen molar-refractivity contribution < 1.29 is 52.5 Å². The molecule has 0 unspecified atom stereocenters. The van der Waals surface area contributed by atoms with Crippen LogP contribution in [0.4, 0.5) is 39.5 Å². The van der Waals surface area contributed by atoms with Gasteiger partial charge >= 0.3 is 23.9 Å². The van der Waals surface area contributed by atoms with Gasteiger partial charge in [0.2, 0.25) is 0 Å². The van der Waals surface area contributed by atoms with Gasteiger partial charge in [0.15, 0.2) is 0 Å². The zero-order chi connectivity index (χ0) is 18.5. The highest BCUT2D eigenvalue weighted by Crippen LogP contribution is 2.56. The average molecular weight is 376 g/mol. The molecule has 0 aliphatic heterocycles. The summed E-state index contributed by atoms with van der Waals surface area (Å²) >= 11 is 0. The number of benzene rings is 1. The summed E-state index contributed by atoms with van der Waals surface area (Å²) in [5, 5.41) is 0. The van der Waals surface area contributed by atoms with Crippen molar-refractivity contribution in [2.45, 2.75) is 28.8 Å². The van der Waals surface area contributed by atoms with Crippen LogP contribution in [0.15, 0.2) is 29.2 Å². The van der Waals surface area contributed by atoms with Crippen molar-refractivity contribution in [3.8, 4) is 0 Å². The number of hydrogen-bond acceptors (Lipinski definition) is 2. The van der Waals surface area contributed by atoms with E-state index in [-0.39, 0.29) is 12.1 Å². The normalized spacial score (nSPS) is 14.9. The Hall–Kier alpha value is -1.50. The van der Waals surface area contributed by atoms with E-state index in [1.165, 1.54) is 0 Å². The van der Waals surface area contributed by atoms with Crippen LogP contribution in [-0.4, -0.2) is 31.0 Å². The maximum absolute atomic E-state index is 13.5. The van der Waals surface area contributed by atoms with Crippen LogP contribution in [0.5, 0.6) is 0 Å². The van der Waals surface area contributed by atoms with E-state index in [1.54, 1.807) is 0 Å². The number of halogens is 9. The molecule has 0 fully saturated rings. The van der Waals surface area contributed by atoms with Crippen LogP contribution >= 0.6 is 0 Å². The molecule has 0 spiro atoms. The molecule has 13 heteroatoms. The van der Waals surface area contributed by atoms with Crippen molar-refractivity contribution in [1.29, 1.82) is 0 Å². The van der Waals surface area contributed by atoms with Gasteiger partial charge in [-0.25, -0.2) is 0 Å². The monoisotopic (exact) mass is 376 g/mol. The Morgan fingerprint density at radius 3 is 1.70 bits per heavy atom. The van der Waals surface area contributed by atoms with Crippen LogP contribution < -0.4 is 0 Å². The molecule has 0 radical (unpaired) electrons. The molecule has 0 aromatic heterocycles. The molecular weight excluding hydrogens is 371 g/mol. The summed E-state index contributed by atoms with van der Waals surface area (Å²) in [4.78, 5) is -1.39. The second-order valence-corrected chi connectivity index (χ2v) is 5.65. The van der Waals surface area contributed by atoms with Gasteiger partial charge in [0, 0.05) is 5.56 Å². The van der Waals surface area contributed by atoms with Crippen molar-refractivity contribution in [3.05, 3.63) is 29.8 Å². The van der Waals surface area contributed by atoms with Gasteiger partial charge in [0.05, 0.1) is 4.90 Å². The highest BCUT2D eigenvalue weighted by Gasteiger charge is 2.82. The molecule has 3 nitrogen and oxygen atoms in total. The van der Waals surface area contributed by atoms with Gasteiger partial charge in [0.1, 0.15) is 0 Å². The van der Waals surface area contributed by atoms with Crippen molar-refractivity contribution in [1.82, 2.24) is 0 Å². The van der Waals surface area contributed by atoms with Gasteiger partial charge < -0.3 is 0 Å². The van der Waals surface area contributed by atoms with Crippen molar-refractivity contribution in [2.75, 3.05) is 0 Å². The SMILES string of the molecule is O=S(=O)(O)c1cccc(C(F)(F)C(F)(F)C(F)(F)C(F)(F)F)c1. The Morgan fingerprint density at radius 2 is 1.30 bits per heavy atom. The Labute approximate surface area is 122 Å². The van der Waals surface area contributed by atoms with E-state index in [4.69, 9.17) is 4.55 Å². The lowest BCUT2D eigenvalue weighted by molar-refractivity contribution is -0.399. The van der Waals surface area contributed by atoms with E-state index in [9.17, 15) is 47.9 Å². The van der Waals surface area contributed by atoms with Gasteiger partial charge in [-0.1, -0.05) is 12.1 Å². The van der Waals surface area contributed by atoms with Crippen LogP contribution in [0.2, 0.25) is 0 Å². The van der Waals surface area contributed by atoms with Gasteiger partial charge in [-0.05, 0) is 12.1 Å². The molecule has 0 saturated carbocycles. The predicted molar refractivity (Wildman–Crippen MR) is 56.1 cm³/mol. The van der Waals surface area contributed by atoms with Gasteiger partial charge in [0.25, 0.3) is 10.1 Å². The van der Waals surface area contributed by atoms with E-state index in [0.717, 1.165) is 0 Å². The van der Waals surface area contributed by atoms with E-state index in [2.05, 4.69) is 0 Å². The fraction of sp³-hybridized carbons (Fsp3) is 0.400. The summed E-state index contributed by atoms with van der Waals surface area (Å²) in [6.07, 6.45) is -6.99. The highest BCUT2D eigenvalue weighted by atomic mass is 32.2. The molecule has 23 heavy (non-hydrogen) atoms. The average Bonchev–Trinajstić information content (AvgIpc) is 2.36. The molecule has 0 amide bonds. The summed E-state index contributed by atoms with van der Waals surface area (Å²) in [7, 11) is -5.18. The van der Waals surface area contributed by atoms with Crippen LogP contribution in [0.1, 0.15) is 5.56 Å². The summed E-state index contributed by atoms with van der Waals surface area (Å²) in [5.74, 6) is -20.1. The van der Waals surface area contributed by atoms with Crippen molar-refractivity contribution in [2.24, 2.45) is 0 Å². The molecule has 0 saturated heterocycles. The van der Waals surface area contributed by atoms with E-state index in [0.29, 0.717) is 12.1 Å². The second-order valence-electron chi connectivity index (χ2n) is 4.22. The summed E-state index contributed by atoms with van der Waals surface area (Å²) in [6, 6.07) is 0.466. The predicted octanol–water partition coefficient (Wildman–Crippen LogP) is 3.86. The zero-order valence-corrected chi connectivity index (χ0v) is 11.2. The third-order valence-corrected chi connectivity index (χ3v) is 3.49. The quantitative estimate of drug-likeness (QED) is 0.642. The minimum Gasteiger partial charge on any atom is -0.282 e. The van der Waals surface area contributed by atoms with Gasteiger partial charge in [-0.3, -0.25) is 4.55 Å². The zero-order valence-electron chi connectivity index (χ0n) is 10.4. The Morgan fingerprint density at radius 1 is 0.826 bits per heavy atom. The number of hydrogen-bond donors (Lipinski definition) is 1. The first-order valence-corrected chi connectivity index (χ1v) is 6.68. The lowest BCUT2D eigenvalue weighted by Gasteiger charge is -2.33. The summed E-state index contributed by atoms with van der Waals surface area (Å²) in [6.45, 7) is 0. The number of alkyl halides is 9. The van der Waals surface area contributed by atoms with Gasteiger partial charge in [-0.2, -0.15) is 47.9 Å². The highest BCUT2D eigenvalue weighted by molar-refractivity contribution is 7.85. The smallest absolute Gasteiger partial charge is 0.282 e. The maximum Gasteiger partial charge on any atom is 0.460 e. The van der Waals surface area contributed by atoms with Crippen LogP contribution in [0.25, 0.3) is 0 Å². The Kier molecular flexibility index (Phi) is 4.47. The van der Waals surface area contributed by atoms with E-state index >= 15 is 0 Å². The first-order valence-electron chi connectivity index (χ1n) is 5.24. The molecule has 0 heterocycles. The maximum atomic E-state index is 13.5. The topological polar surface area (TPSA) is 54.4 Å². The molecule has 0 atom stereocenters. The first kappa shape index (κ1) is 19.5. The second kappa shape index (κ2) is 5.26. The van der Waals surface area contributed by atoms with Crippen molar-refractivity contribution in [3.63, 3.8) is 0 Å². The fourth-order valence-corrected chi connectivity index (χ4v) is 1.93. The first-order chi connectivity index (χ1) is 9.96. The van der Waals surface area contributed by atoms with Crippen LogP contribution in [0.3, 0.4) is 0 Å². The third-order valence-electron chi connectivity index (χ3n) is 2.64. The molecule has 0 bridgehead atoms.